The van der Waals surface area contributed by atoms with E-state index < -0.39 is 0 Å². The molecule has 0 spiro atoms. The molecule has 1 aromatic rings. The lowest BCUT2D eigenvalue weighted by Gasteiger charge is -2.06. The lowest BCUT2D eigenvalue weighted by molar-refractivity contribution is 0.634. The highest BCUT2D eigenvalue weighted by molar-refractivity contribution is 8.03. The van der Waals surface area contributed by atoms with Gasteiger partial charge in [-0.1, -0.05) is 54.0 Å². The third-order valence-corrected chi connectivity index (χ3v) is 4.40. The Morgan fingerprint density at radius 3 is 2.65 bits per heavy atom. The zero-order valence-electron chi connectivity index (χ0n) is 11.6. The van der Waals surface area contributed by atoms with Crippen LogP contribution in [0.15, 0.2) is 50.6 Å². The monoisotopic (exact) mass is 331 g/mol. The summed E-state index contributed by atoms with van der Waals surface area (Å²) >= 11 is 13.2. The van der Waals surface area contributed by atoms with Gasteiger partial charge in [-0.2, -0.15) is 0 Å². The van der Waals surface area contributed by atoms with Crippen LogP contribution in [-0.2, 0) is 0 Å². The summed E-state index contributed by atoms with van der Waals surface area (Å²) in [5.74, 6) is -0.355. The van der Waals surface area contributed by atoms with E-state index in [1.54, 1.807) is 24.4 Å². The molecule has 1 nitrogen and oxygen atoms in total. The van der Waals surface area contributed by atoms with E-state index in [4.69, 9.17) is 23.2 Å². The molecule has 0 radical (unpaired) electrons. The fraction of sp³-hybridized carbons (Fsp3) is 0.267. The van der Waals surface area contributed by atoms with E-state index in [-0.39, 0.29) is 10.9 Å². The van der Waals surface area contributed by atoms with E-state index in [0.717, 1.165) is 23.8 Å². The van der Waals surface area contributed by atoms with Gasteiger partial charge in [0, 0.05) is 11.1 Å². The number of allylic oxidation sites excluding steroid dienone is 3. The number of hydrogen-bond donors (Lipinski definition) is 0. The molecule has 0 atom stereocenters. The van der Waals surface area contributed by atoms with Crippen LogP contribution in [0.25, 0.3) is 0 Å². The largest absolute Gasteiger partial charge is 0.247 e. The van der Waals surface area contributed by atoms with Crippen molar-refractivity contribution in [2.45, 2.75) is 32.1 Å². The molecule has 5 heteroatoms. The van der Waals surface area contributed by atoms with Crippen LogP contribution < -0.4 is 0 Å². The van der Waals surface area contributed by atoms with Crippen LogP contribution in [0.5, 0.6) is 0 Å². The molecule has 0 bridgehead atoms. The minimum absolute atomic E-state index is 0.276. The molecule has 0 unspecified atom stereocenters. The van der Waals surface area contributed by atoms with E-state index in [1.165, 1.54) is 6.92 Å². The highest BCUT2D eigenvalue weighted by Gasteiger charge is 2.09. The van der Waals surface area contributed by atoms with E-state index in [2.05, 4.69) is 4.99 Å². The number of benzene rings is 1. The van der Waals surface area contributed by atoms with Crippen molar-refractivity contribution in [3.8, 4) is 0 Å². The fourth-order valence-corrected chi connectivity index (χ4v) is 2.66. The van der Waals surface area contributed by atoms with Gasteiger partial charge in [0.15, 0.2) is 0 Å². The van der Waals surface area contributed by atoms with Gasteiger partial charge in [0.05, 0.1) is 10.0 Å². The third-order valence-electron chi connectivity index (χ3n) is 2.33. The van der Waals surface area contributed by atoms with Crippen LogP contribution >= 0.6 is 35.0 Å². The van der Waals surface area contributed by atoms with Crippen LogP contribution in [0.4, 0.5) is 4.39 Å². The minimum Gasteiger partial charge on any atom is -0.247 e. The fourth-order valence-electron chi connectivity index (χ4n) is 1.39. The van der Waals surface area contributed by atoms with Gasteiger partial charge in [0.2, 0.25) is 0 Å². The maximum absolute atomic E-state index is 13.6. The van der Waals surface area contributed by atoms with Gasteiger partial charge in [0.25, 0.3) is 0 Å². The van der Waals surface area contributed by atoms with Gasteiger partial charge in [-0.25, -0.2) is 9.38 Å². The van der Waals surface area contributed by atoms with E-state index in [1.807, 2.05) is 19.9 Å². The maximum atomic E-state index is 13.6. The van der Waals surface area contributed by atoms with Crippen molar-refractivity contribution in [3.05, 3.63) is 50.7 Å². The Morgan fingerprint density at radius 2 is 2.05 bits per heavy atom. The van der Waals surface area contributed by atoms with Crippen molar-refractivity contribution in [1.82, 2.24) is 0 Å². The van der Waals surface area contributed by atoms with Crippen molar-refractivity contribution in [1.29, 1.82) is 0 Å². The smallest absolute Gasteiger partial charge is 0.132 e. The van der Waals surface area contributed by atoms with Crippen LogP contribution in [0.2, 0.25) is 10.0 Å². The summed E-state index contributed by atoms with van der Waals surface area (Å²) in [5.41, 5.74) is 0.990. The first-order valence-corrected chi connectivity index (χ1v) is 7.72. The summed E-state index contributed by atoms with van der Waals surface area (Å²) in [6.07, 6.45) is 4.58. The molecule has 108 valence electrons. The highest BCUT2D eigenvalue weighted by atomic mass is 35.5. The Kier molecular flexibility index (Phi) is 7.35. The number of nitrogens with zero attached hydrogens (tertiary/aromatic N) is 1. The molecular weight excluding hydrogens is 316 g/mol. The van der Waals surface area contributed by atoms with Crippen LogP contribution in [0.1, 0.15) is 27.2 Å². The molecule has 0 fully saturated rings. The second-order valence-corrected chi connectivity index (χ2v) is 5.92. The molecule has 0 saturated heterocycles. The average Bonchev–Trinajstić information content (AvgIpc) is 2.39. The summed E-state index contributed by atoms with van der Waals surface area (Å²) in [6, 6.07) is 5.25. The van der Waals surface area contributed by atoms with Gasteiger partial charge in [-0.05, 0) is 38.0 Å². The number of hydrogen-bond acceptors (Lipinski definition) is 2. The summed E-state index contributed by atoms with van der Waals surface area (Å²) in [5, 5.41) is 1.13. The van der Waals surface area contributed by atoms with Gasteiger partial charge in [-0.15, -0.1) is 0 Å². The van der Waals surface area contributed by atoms with Crippen LogP contribution in [0.3, 0.4) is 0 Å². The number of aliphatic imine (C=N–C) groups is 1. The standard InChI is InChI=1S/C15H16Cl2FNS/c1-4-6-10(2)9-19-15(11(3)18)20-13-8-5-7-12(16)14(13)17/h5-9H,4H2,1-3H3/b10-6-,15-11-,19-9-. The average molecular weight is 332 g/mol. The lowest BCUT2D eigenvalue weighted by atomic mass is 10.3. The molecule has 0 heterocycles. The minimum atomic E-state index is -0.355. The zero-order valence-corrected chi connectivity index (χ0v) is 13.9. The predicted octanol–water partition coefficient (Wildman–Crippen LogP) is 6.67. The Bertz CT molecular complexity index is 561. The first kappa shape index (κ1) is 17.3. The van der Waals surface area contributed by atoms with Gasteiger partial charge >= 0.3 is 0 Å². The Labute approximate surface area is 133 Å². The van der Waals surface area contributed by atoms with Crippen molar-refractivity contribution in [2.75, 3.05) is 0 Å². The Morgan fingerprint density at radius 1 is 1.35 bits per heavy atom. The molecule has 0 aliphatic heterocycles. The molecule has 1 aromatic carbocycles. The van der Waals surface area contributed by atoms with Crippen molar-refractivity contribution in [2.24, 2.45) is 4.99 Å². The van der Waals surface area contributed by atoms with Gasteiger partial charge < -0.3 is 0 Å². The molecule has 0 amide bonds. The van der Waals surface area contributed by atoms with E-state index in [9.17, 15) is 4.39 Å². The molecule has 0 N–H and O–H groups in total. The van der Waals surface area contributed by atoms with Crippen molar-refractivity contribution < 1.29 is 4.39 Å². The van der Waals surface area contributed by atoms with Crippen LogP contribution in [0, 0.1) is 0 Å². The second-order valence-electron chi connectivity index (χ2n) is 4.11. The molecule has 0 aromatic heterocycles. The normalized spacial score (nSPS) is 13.8. The third kappa shape index (κ3) is 5.31. The maximum Gasteiger partial charge on any atom is 0.132 e. The predicted molar refractivity (Wildman–Crippen MR) is 88.7 cm³/mol. The summed E-state index contributed by atoms with van der Waals surface area (Å²) in [4.78, 5) is 4.86. The van der Waals surface area contributed by atoms with E-state index in [0.29, 0.717) is 14.9 Å². The molecule has 1 rings (SSSR count). The molecule has 0 aliphatic rings. The van der Waals surface area contributed by atoms with Gasteiger partial charge in [0.1, 0.15) is 10.9 Å². The lowest BCUT2D eigenvalue weighted by Crippen LogP contribution is -1.83. The van der Waals surface area contributed by atoms with Crippen molar-refractivity contribution in [3.63, 3.8) is 0 Å². The quantitative estimate of drug-likeness (QED) is 0.433. The second kappa shape index (κ2) is 8.50. The van der Waals surface area contributed by atoms with E-state index >= 15 is 0 Å². The SMILES string of the molecule is CC\C=C(C)/C=N\C(Sc1cccc(Cl)c1Cl)=C(/C)F. The Balaban J connectivity index is 2.98. The molecule has 0 saturated carbocycles. The first-order valence-electron chi connectivity index (χ1n) is 6.14. The number of rotatable bonds is 5. The highest BCUT2D eigenvalue weighted by Crippen LogP contribution is 2.38. The Hall–Kier alpha value is -0.770. The van der Waals surface area contributed by atoms with Crippen molar-refractivity contribution >= 4 is 41.2 Å². The first-order chi connectivity index (χ1) is 9.45. The van der Waals surface area contributed by atoms with Crippen LogP contribution in [-0.4, -0.2) is 6.21 Å². The summed E-state index contributed by atoms with van der Waals surface area (Å²) in [7, 11) is 0. The molecule has 20 heavy (non-hydrogen) atoms. The zero-order chi connectivity index (χ0) is 15.1. The summed E-state index contributed by atoms with van der Waals surface area (Å²) < 4.78 is 13.6. The topological polar surface area (TPSA) is 12.4 Å². The number of thioether (sulfide) groups is 1. The number of halogens is 3. The molecule has 0 aliphatic carbocycles. The van der Waals surface area contributed by atoms with Gasteiger partial charge in [-0.3, -0.25) is 0 Å². The molecular formula is C15H16Cl2FNS. The summed E-state index contributed by atoms with van der Waals surface area (Å²) in [6.45, 7) is 5.33.